The van der Waals surface area contributed by atoms with Gasteiger partial charge >= 0.3 is 0 Å². The van der Waals surface area contributed by atoms with Crippen LogP contribution < -0.4 is 5.32 Å². The van der Waals surface area contributed by atoms with Crippen LogP contribution >= 0.6 is 0 Å². The highest BCUT2D eigenvalue weighted by Crippen LogP contribution is 2.24. The summed E-state index contributed by atoms with van der Waals surface area (Å²) in [5, 5.41) is 18.5. The number of aryl methyl sites for hydroxylation is 1. The molecule has 1 aliphatic heterocycles. The summed E-state index contributed by atoms with van der Waals surface area (Å²) in [6, 6.07) is 6.67. The Morgan fingerprint density at radius 2 is 1.86 bits per heavy atom. The minimum Gasteiger partial charge on any atom is -0.483 e. The second kappa shape index (κ2) is 9.36. The van der Waals surface area contributed by atoms with Gasteiger partial charge in [0.2, 0.25) is 0 Å². The van der Waals surface area contributed by atoms with Gasteiger partial charge in [-0.1, -0.05) is 12.1 Å². The van der Waals surface area contributed by atoms with E-state index in [9.17, 15) is 0 Å². The summed E-state index contributed by atoms with van der Waals surface area (Å²) < 4.78 is 0. The predicted octanol–water partition coefficient (Wildman–Crippen LogP) is 2.25. The van der Waals surface area contributed by atoms with Gasteiger partial charge in [0.05, 0.1) is 0 Å². The Morgan fingerprint density at radius 1 is 1.18 bits per heavy atom. The third-order valence-corrected chi connectivity index (χ3v) is 3.29. The van der Waals surface area contributed by atoms with E-state index in [1.165, 1.54) is 27.6 Å². The molecule has 0 saturated carbocycles. The van der Waals surface area contributed by atoms with Crippen molar-refractivity contribution in [1.82, 2.24) is 10.3 Å². The molecular weight excluding hydrogens is 284 g/mol. The van der Waals surface area contributed by atoms with E-state index in [-0.39, 0.29) is 12.9 Å². The molecule has 6 nitrogen and oxygen atoms in total. The molecule has 1 aliphatic rings. The van der Waals surface area contributed by atoms with Gasteiger partial charge in [-0.05, 0) is 48.7 Å². The maximum absolute atomic E-state index is 8.36. The molecule has 0 atom stereocenters. The molecule has 0 spiro atoms. The number of hydrogen-bond acceptors (Lipinski definition) is 3. The Balaban J connectivity index is 0.000000353. The number of hydrogen-bond donors (Lipinski definition) is 4. The van der Waals surface area contributed by atoms with Crippen molar-refractivity contribution in [2.24, 2.45) is 0 Å². The van der Waals surface area contributed by atoms with Crippen LogP contribution in [0.25, 0.3) is 16.5 Å². The molecule has 1 aromatic heterocycles. The van der Waals surface area contributed by atoms with E-state index in [0.29, 0.717) is 0 Å². The third-order valence-electron chi connectivity index (χ3n) is 3.29. The van der Waals surface area contributed by atoms with Gasteiger partial charge in [-0.2, -0.15) is 0 Å². The maximum Gasteiger partial charge on any atom is 0.290 e. The van der Waals surface area contributed by atoms with Crippen LogP contribution in [-0.2, 0) is 9.59 Å². The lowest BCUT2D eigenvalue weighted by Gasteiger charge is -2.14. The van der Waals surface area contributed by atoms with Gasteiger partial charge in [0.25, 0.3) is 12.9 Å². The molecule has 22 heavy (non-hydrogen) atoms. The van der Waals surface area contributed by atoms with Gasteiger partial charge in [0.1, 0.15) is 0 Å². The van der Waals surface area contributed by atoms with Gasteiger partial charge in [-0.25, -0.2) is 0 Å². The number of H-pyrrole nitrogens is 1. The average molecular weight is 304 g/mol. The smallest absolute Gasteiger partial charge is 0.290 e. The molecule has 1 aromatic carbocycles. The molecule has 2 aromatic rings. The second-order valence-corrected chi connectivity index (χ2v) is 4.64. The topological polar surface area (TPSA) is 102 Å². The highest BCUT2D eigenvalue weighted by atomic mass is 16.3. The van der Waals surface area contributed by atoms with Crippen molar-refractivity contribution < 1.29 is 19.8 Å². The van der Waals surface area contributed by atoms with Crippen LogP contribution in [0.5, 0.6) is 0 Å². The molecule has 0 bridgehead atoms. The van der Waals surface area contributed by atoms with Crippen molar-refractivity contribution >= 4 is 29.4 Å². The van der Waals surface area contributed by atoms with Crippen molar-refractivity contribution in [3.05, 3.63) is 41.6 Å². The Hall–Kier alpha value is -2.60. The molecule has 4 N–H and O–H groups in total. The minimum absolute atomic E-state index is 0.250. The number of rotatable bonds is 1. The van der Waals surface area contributed by atoms with Crippen LogP contribution in [0.3, 0.4) is 0 Å². The Morgan fingerprint density at radius 3 is 2.45 bits per heavy atom. The summed E-state index contributed by atoms with van der Waals surface area (Å²) in [4.78, 5) is 20.0. The molecule has 0 saturated heterocycles. The summed E-state index contributed by atoms with van der Waals surface area (Å²) in [6.07, 6.45) is 5.56. The molecule has 0 unspecified atom stereocenters. The molecule has 0 fully saturated rings. The number of benzene rings is 1. The SMILES string of the molecule is Cc1c[nH]c2ccc(C3=CCCNC3)cc12.O=CO.O=CO. The van der Waals surface area contributed by atoms with Gasteiger partial charge < -0.3 is 20.5 Å². The van der Waals surface area contributed by atoms with E-state index >= 15 is 0 Å². The van der Waals surface area contributed by atoms with E-state index in [4.69, 9.17) is 19.8 Å². The fourth-order valence-corrected chi connectivity index (χ4v) is 2.32. The quantitative estimate of drug-likeness (QED) is 0.605. The van der Waals surface area contributed by atoms with Gasteiger partial charge in [-0.3, -0.25) is 9.59 Å². The number of aromatic nitrogens is 1. The zero-order valence-corrected chi connectivity index (χ0v) is 12.4. The van der Waals surface area contributed by atoms with E-state index in [1.54, 1.807) is 0 Å². The van der Waals surface area contributed by atoms with Crippen LogP contribution in [0.2, 0.25) is 0 Å². The molecular formula is C16H20N2O4. The van der Waals surface area contributed by atoms with Crippen LogP contribution in [-0.4, -0.2) is 41.2 Å². The molecule has 2 heterocycles. The molecule has 0 radical (unpaired) electrons. The standard InChI is InChI=1S/C14H16N2.2CH2O2/c1-10-8-16-14-5-4-11(7-13(10)14)12-3-2-6-15-9-12;2*2-1-3/h3-5,7-8,15-16H,2,6,9H2,1H3;2*1H,(H,2,3). The van der Waals surface area contributed by atoms with Crippen molar-refractivity contribution in [2.75, 3.05) is 13.1 Å². The Kier molecular flexibility index (Phi) is 7.42. The number of fused-ring (bicyclic) bond motifs is 1. The van der Waals surface area contributed by atoms with Gasteiger partial charge in [0.15, 0.2) is 0 Å². The van der Waals surface area contributed by atoms with Crippen LogP contribution in [0, 0.1) is 6.92 Å². The zero-order valence-electron chi connectivity index (χ0n) is 12.4. The highest BCUT2D eigenvalue weighted by Gasteiger charge is 2.07. The summed E-state index contributed by atoms with van der Waals surface area (Å²) >= 11 is 0. The fraction of sp³-hybridized carbons (Fsp3) is 0.250. The van der Waals surface area contributed by atoms with E-state index in [1.807, 2.05) is 0 Å². The molecule has 6 heteroatoms. The second-order valence-electron chi connectivity index (χ2n) is 4.64. The Bertz CT molecular complexity index is 641. The summed E-state index contributed by atoms with van der Waals surface area (Å²) in [5.74, 6) is 0. The van der Waals surface area contributed by atoms with Gasteiger partial charge in [0, 0.05) is 23.6 Å². The third kappa shape index (κ3) is 4.75. The summed E-state index contributed by atoms with van der Waals surface area (Å²) in [5.41, 5.74) is 5.32. The van der Waals surface area contributed by atoms with Crippen molar-refractivity contribution in [3.63, 3.8) is 0 Å². The van der Waals surface area contributed by atoms with Crippen LogP contribution in [0.1, 0.15) is 17.5 Å². The summed E-state index contributed by atoms with van der Waals surface area (Å²) in [6.45, 7) is 3.75. The van der Waals surface area contributed by atoms with Crippen LogP contribution in [0.4, 0.5) is 0 Å². The minimum atomic E-state index is -0.250. The monoisotopic (exact) mass is 304 g/mol. The number of aromatic amines is 1. The highest BCUT2D eigenvalue weighted by molar-refractivity contribution is 5.87. The van der Waals surface area contributed by atoms with Crippen molar-refractivity contribution in [3.8, 4) is 0 Å². The number of carbonyl (C=O) groups is 2. The molecule has 0 aliphatic carbocycles. The van der Waals surface area contributed by atoms with Gasteiger partial charge in [-0.15, -0.1) is 0 Å². The number of carboxylic acid groups (broad SMARTS) is 2. The van der Waals surface area contributed by atoms with E-state index < -0.39 is 0 Å². The lowest BCUT2D eigenvalue weighted by molar-refractivity contribution is -0.123. The fourth-order valence-electron chi connectivity index (χ4n) is 2.32. The zero-order chi connectivity index (χ0) is 16.4. The molecule has 0 amide bonds. The first-order valence-corrected chi connectivity index (χ1v) is 6.81. The average Bonchev–Trinajstić information content (AvgIpc) is 2.91. The molecule has 118 valence electrons. The first-order chi connectivity index (χ1) is 10.7. The normalized spacial score (nSPS) is 13.0. The van der Waals surface area contributed by atoms with Crippen LogP contribution in [0.15, 0.2) is 30.5 Å². The maximum atomic E-state index is 8.36. The molecule has 3 rings (SSSR count). The predicted molar refractivity (Wildman–Crippen MR) is 85.9 cm³/mol. The first-order valence-electron chi connectivity index (χ1n) is 6.81. The lowest BCUT2D eigenvalue weighted by atomic mass is 10.00. The van der Waals surface area contributed by atoms with E-state index in [2.05, 4.69) is 47.7 Å². The lowest BCUT2D eigenvalue weighted by Crippen LogP contribution is -2.21. The summed E-state index contributed by atoms with van der Waals surface area (Å²) in [7, 11) is 0. The first kappa shape index (κ1) is 17.5. The van der Waals surface area contributed by atoms with Crippen molar-refractivity contribution in [2.45, 2.75) is 13.3 Å². The van der Waals surface area contributed by atoms with Crippen molar-refractivity contribution in [1.29, 1.82) is 0 Å². The Labute approximate surface area is 128 Å². The van der Waals surface area contributed by atoms with E-state index in [0.717, 1.165) is 19.5 Å². The largest absolute Gasteiger partial charge is 0.483 e. The number of nitrogens with one attached hydrogen (secondary N) is 2.